The van der Waals surface area contributed by atoms with Crippen LogP contribution >= 0.6 is 23.1 Å². The van der Waals surface area contributed by atoms with Crippen LogP contribution in [0.15, 0.2) is 42.1 Å². The number of carbonyl (C=O) groups excluding carboxylic acids is 3. The third-order valence-electron chi connectivity index (χ3n) is 5.13. The molecule has 0 aliphatic heterocycles. The van der Waals surface area contributed by atoms with Crippen LogP contribution in [0.4, 0.5) is 5.00 Å². The minimum atomic E-state index is -0.683. The number of nitrogens with two attached hydrogens (primary N) is 1. The molecule has 0 atom stereocenters. The van der Waals surface area contributed by atoms with Crippen molar-refractivity contribution in [2.24, 2.45) is 5.73 Å². The molecule has 0 aliphatic carbocycles. The summed E-state index contributed by atoms with van der Waals surface area (Å²) in [6.45, 7) is 9.31. The molecule has 12 heteroatoms. The molecule has 0 aliphatic rings. The van der Waals surface area contributed by atoms with E-state index >= 15 is 0 Å². The summed E-state index contributed by atoms with van der Waals surface area (Å²) in [7, 11) is 1.61. The first-order chi connectivity index (χ1) is 17.6. The fourth-order valence-electron chi connectivity index (χ4n) is 3.44. The van der Waals surface area contributed by atoms with E-state index in [1.165, 1.54) is 11.8 Å². The number of aromatic nitrogens is 3. The van der Waals surface area contributed by atoms with E-state index in [0.717, 1.165) is 28.5 Å². The number of hydrogen-bond donors (Lipinski definition) is 2. The molecule has 3 aromatic rings. The Balaban J connectivity index is 1.74. The second-order valence-electron chi connectivity index (χ2n) is 8.24. The first-order valence-electron chi connectivity index (χ1n) is 11.4. The lowest BCUT2D eigenvalue weighted by Crippen LogP contribution is -2.18. The lowest BCUT2D eigenvalue weighted by molar-refractivity contribution is -0.113. The second kappa shape index (κ2) is 12.5. The number of thioether (sulfide) groups is 1. The first kappa shape index (κ1) is 27.9. The monoisotopic (exact) mass is 543 g/mol. The predicted molar refractivity (Wildman–Crippen MR) is 143 cm³/mol. The molecule has 3 N–H and O–H groups in total. The van der Waals surface area contributed by atoms with Crippen molar-refractivity contribution in [1.29, 1.82) is 0 Å². The second-order valence-corrected chi connectivity index (χ2v) is 10.2. The Morgan fingerprint density at radius 2 is 1.95 bits per heavy atom. The molecule has 10 nitrogen and oxygen atoms in total. The van der Waals surface area contributed by atoms with E-state index in [1.807, 2.05) is 28.8 Å². The Labute approximate surface area is 223 Å². The van der Waals surface area contributed by atoms with Crippen LogP contribution in [0, 0.1) is 6.92 Å². The van der Waals surface area contributed by atoms with E-state index in [0.29, 0.717) is 23.7 Å². The summed E-state index contributed by atoms with van der Waals surface area (Å²) in [5.41, 5.74) is 6.99. The van der Waals surface area contributed by atoms with Gasteiger partial charge in [-0.15, -0.1) is 28.1 Å². The molecular formula is C25H29N5O5S2. The molecule has 0 fully saturated rings. The smallest absolute Gasteiger partial charge is 0.341 e. The molecule has 3 rings (SSSR count). The van der Waals surface area contributed by atoms with Crippen LogP contribution in [0.1, 0.15) is 50.8 Å². The van der Waals surface area contributed by atoms with E-state index in [4.69, 9.17) is 15.2 Å². The zero-order chi connectivity index (χ0) is 27.1. The van der Waals surface area contributed by atoms with Gasteiger partial charge < -0.3 is 25.1 Å². The number of esters is 1. The van der Waals surface area contributed by atoms with Crippen molar-refractivity contribution in [1.82, 2.24) is 14.8 Å². The van der Waals surface area contributed by atoms with Gasteiger partial charge in [-0.1, -0.05) is 30.0 Å². The summed E-state index contributed by atoms with van der Waals surface area (Å²) in [6.07, 6.45) is 1.91. The molecule has 0 bridgehead atoms. The minimum absolute atomic E-state index is 0.000662. The lowest BCUT2D eigenvalue weighted by Gasteiger charge is -2.11. The quantitative estimate of drug-likeness (QED) is 0.200. The highest BCUT2D eigenvalue weighted by Gasteiger charge is 2.26. The molecule has 2 aromatic heterocycles. The number of methoxy groups -OCH3 is 1. The number of carbonyl (C=O) groups is 3. The maximum atomic E-state index is 12.8. The van der Waals surface area contributed by atoms with Gasteiger partial charge in [-0.05, 0) is 44.0 Å². The highest BCUT2D eigenvalue weighted by molar-refractivity contribution is 7.99. The Bertz CT molecular complexity index is 1300. The molecule has 0 spiro atoms. The van der Waals surface area contributed by atoms with E-state index in [2.05, 4.69) is 22.1 Å². The molecule has 196 valence electrons. The van der Waals surface area contributed by atoms with Gasteiger partial charge in [-0.3, -0.25) is 9.59 Å². The van der Waals surface area contributed by atoms with Crippen molar-refractivity contribution in [3.63, 3.8) is 0 Å². The van der Waals surface area contributed by atoms with Crippen LogP contribution in [-0.2, 0) is 22.5 Å². The highest BCUT2D eigenvalue weighted by Crippen LogP contribution is 2.34. The number of allylic oxidation sites excluding steroid dienone is 1. The Kier molecular flexibility index (Phi) is 9.48. The number of rotatable bonds is 12. The minimum Gasteiger partial charge on any atom is -0.497 e. The number of amides is 2. The zero-order valence-corrected chi connectivity index (χ0v) is 22.7. The molecule has 2 amide bonds. The summed E-state index contributed by atoms with van der Waals surface area (Å²) in [5, 5.41) is 12.1. The van der Waals surface area contributed by atoms with Crippen LogP contribution in [0.3, 0.4) is 0 Å². The summed E-state index contributed by atoms with van der Waals surface area (Å²) in [4.78, 5) is 37.5. The summed E-state index contributed by atoms with van der Waals surface area (Å²) in [6, 6.07) is 7.67. The molecule has 37 heavy (non-hydrogen) atoms. The maximum Gasteiger partial charge on any atom is 0.341 e. The Morgan fingerprint density at radius 1 is 1.24 bits per heavy atom. The average molecular weight is 544 g/mol. The van der Waals surface area contributed by atoms with Crippen LogP contribution < -0.4 is 15.8 Å². The van der Waals surface area contributed by atoms with Crippen molar-refractivity contribution in [3.8, 4) is 5.75 Å². The number of ether oxygens (including phenoxy) is 2. The van der Waals surface area contributed by atoms with E-state index in [9.17, 15) is 14.4 Å². The molecule has 0 radical (unpaired) electrons. The first-order valence-corrected chi connectivity index (χ1v) is 13.2. The van der Waals surface area contributed by atoms with E-state index < -0.39 is 11.9 Å². The topological polar surface area (TPSA) is 138 Å². The van der Waals surface area contributed by atoms with Crippen LogP contribution in [0.2, 0.25) is 0 Å². The van der Waals surface area contributed by atoms with Gasteiger partial charge in [0.15, 0.2) is 5.16 Å². The normalized spacial score (nSPS) is 10.8. The van der Waals surface area contributed by atoms with Crippen molar-refractivity contribution in [3.05, 3.63) is 64.3 Å². The largest absolute Gasteiger partial charge is 0.497 e. The zero-order valence-electron chi connectivity index (χ0n) is 21.1. The van der Waals surface area contributed by atoms with Gasteiger partial charge in [0.1, 0.15) is 16.6 Å². The van der Waals surface area contributed by atoms with E-state index in [1.54, 1.807) is 34.0 Å². The van der Waals surface area contributed by atoms with E-state index in [-0.39, 0.29) is 33.2 Å². The number of thiophene rings is 1. The Morgan fingerprint density at radius 3 is 2.54 bits per heavy atom. The van der Waals surface area contributed by atoms with Gasteiger partial charge >= 0.3 is 5.97 Å². The number of benzene rings is 1. The van der Waals surface area contributed by atoms with Crippen LogP contribution in [-0.4, -0.2) is 51.5 Å². The highest BCUT2D eigenvalue weighted by atomic mass is 32.2. The third-order valence-corrected chi connectivity index (χ3v) is 7.32. The Hall–Kier alpha value is -3.64. The number of nitrogens with zero attached hydrogens (tertiary/aromatic N) is 3. The number of primary amides is 1. The fraction of sp³-hybridized carbons (Fsp3) is 0.320. The van der Waals surface area contributed by atoms with Crippen molar-refractivity contribution in [2.75, 3.05) is 18.2 Å². The standard InChI is InChI=1S/C25H29N5O5S2/c1-6-11-30-18(12-16-7-9-17(34-5)10-8-16)28-29-25(30)36-13-19(31)27-23-20(24(33)35-14(2)3)15(4)21(37-23)22(26)32/h6-10,14H,1,11-13H2,2-5H3,(H2,26,32)(H,27,31). The average Bonchev–Trinajstić information content (AvgIpc) is 3.38. The van der Waals surface area contributed by atoms with Crippen molar-refractivity contribution in [2.45, 2.75) is 45.0 Å². The van der Waals surface area contributed by atoms with Gasteiger partial charge in [-0.25, -0.2) is 4.79 Å². The third kappa shape index (κ3) is 6.98. The SMILES string of the molecule is C=CCn1c(Cc2ccc(OC)cc2)nnc1SCC(=O)Nc1sc(C(N)=O)c(C)c1C(=O)OC(C)C. The van der Waals surface area contributed by atoms with Gasteiger partial charge in [0, 0.05) is 13.0 Å². The van der Waals surface area contributed by atoms with Gasteiger partial charge in [0.25, 0.3) is 5.91 Å². The number of hydrogen-bond acceptors (Lipinski definition) is 9. The maximum absolute atomic E-state index is 12.8. The van der Waals surface area contributed by atoms with Crippen molar-refractivity contribution < 1.29 is 23.9 Å². The molecule has 0 saturated carbocycles. The molecule has 1 aromatic carbocycles. The molecular weight excluding hydrogens is 514 g/mol. The summed E-state index contributed by atoms with van der Waals surface area (Å²) >= 11 is 2.15. The van der Waals surface area contributed by atoms with Crippen molar-refractivity contribution >= 4 is 45.9 Å². The van der Waals surface area contributed by atoms with Crippen LogP contribution in [0.25, 0.3) is 0 Å². The molecule has 0 saturated heterocycles. The predicted octanol–water partition coefficient (Wildman–Crippen LogP) is 3.83. The number of nitrogens with one attached hydrogen (secondary N) is 1. The van der Waals surface area contributed by atoms with Gasteiger partial charge in [0.05, 0.1) is 29.4 Å². The molecule has 0 unspecified atom stereocenters. The van der Waals surface area contributed by atoms with Gasteiger partial charge in [-0.2, -0.15) is 0 Å². The molecule has 2 heterocycles. The summed E-state index contributed by atoms with van der Waals surface area (Å²) in [5.74, 6) is -0.203. The van der Waals surface area contributed by atoms with Gasteiger partial charge in [0.2, 0.25) is 5.91 Å². The summed E-state index contributed by atoms with van der Waals surface area (Å²) < 4.78 is 12.4. The lowest BCUT2D eigenvalue weighted by atomic mass is 10.1. The fourth-order valence-corrected chi connectivity index (χ4v) is 5.27. The number of anilines is 1. The van der Waals surface area contributed by atoms with Crippen LogP contribution in [0.5, 0.6) is 5.75 Å².